The Hall–Kier alpha value is -5.75. The Morgan fingerprint density at radius 2 is 1.27 bits per heavy atom. The number of fused-ring (bicyclic) bond motifs is 3. The molecule has 0 spiro atoms. The summed E-state index contributed by atoms with van der Waals surface area (Å²) < 4.78 is 12.1. The van der Waals surface area contributed by atoms with E-state index in [0.29, 0.717) is 19.0 Å². The van der Waals surface area contributed by atoms with Crippen LogP contribution in [-0.2, 0) is 18.0 Å². The number of benzene rings is 4. The summed E-state index contributed by atoms with van der Waals surface area (Å²) in [6.45, 7) is 2.67. The van der Waals surface area contributed by atoms with Crippen molar-refractivity contribution in [3.8, 4) is 11.5 Å². The second-order valence-corrected chi connectivity index (χ2v) is 11.1. The van der Waals surface area contributed by atoms with Crippen molar-refractivity contribution in [2.24, 2.45) is 0 Å². The number of ether oxygens (including phenoxy) is 2. The molecule has 1 aliphatic carbocycles. The van der Waals surface area contributed by atoms with Gasteiger partial charge in [-0.25, -0.2) is 9.97 Å². The molecular weight excluding hydrogens is 560 g/mol. The molecule has 0 radical (unpaired) electrons. The highest BCUT2D eigenvalue weighted by Crippen LogP contribution is 2.45. The summed E-state index contributed by atoms with van der Waals surface area (Å²) in [7, 11) is 0. The van der Waals surface area contributed by atoms with Gasteiger partial charge in [-0.1, -0.05) is 66.7 Å². The number of hydrogen-bond acceptors (Lipinski definition) is 5. The zero-order valence-electron chi connectivity index (χ0n) is 24.7. The standard InChI is InChI=1S/C39H30N2O4/c1-25-34(20-26-10-16-31(17-11-26)44-23-29-14-12-27-6-2-4-8-37(27)40-29)33-19-18-32(21-36(33)35(25)22-39(42)43)45-24-30-15-13-28-7-3-5-9-38(28)41-30/h2-21H,22-24H2,1H3,(H,42,43)/b34-20-. The third-order valence-electron chi connectivity index (χ3n) is 8.07. The molecule has 0 aliphatic heterocycles. The van der Waals surface area contributed by atoms with Crippen molar-refractivity contribution in [1.29, 1.82) is 0 Å². The van der Waals surface area contributed by atoms with Crippen molar-refractivity contribution >= 4 is 45.0 Å². The number of carbonyl (C=O) groups is 1. The van der Waals surface area contributed by atoms with Gasteiger partial charge < -0.3 is 14.6 Å². The number of nitrogens with zero attached hydrogens (tertiary/aromatic N) is 2. The molecular formula is C39H30N2O4. The van der Waals surface area contributed by atoms with Crippen LogP contribution in [0.3, 0.4) is 0 Å². The fourth-order valence-corrected chi connectivity index (χ4v) is 5.75. The Morgan fingerprint density at radius 3 is 1.89 bits per heavy atom. The van der Waals surface area contributed by atoms with Crippen LogP contribution in [0.15, 0.2) is 121 Å². The summed E-state index contributed by atoms with van der Waals surface area (Å²) in [5, 5.41) is 11.9. The smallest absolute Gasteiger partial charge is 0.307 e. The summed E-state index contributed by atoms with van der Waals surface area (Å²) in [4.78, 5) is 21.2. The molecule has 1 N–H and O–H groups in total. The summed E-state index contributed by atoms with van der Waals surface area (Å²) in [5.74, 6) is 0.550. The topological polar surface area (TPSA) is 81.5 Å². The minimum absolute atomic E-state index is 0.0680. The van der Waals surface area contributed by atoms with Gasteiger partial charge in [-0.05, 0) is 94.9 Å². The van der Waals surface area contributed by atoms with Gasteiger partial charge in [-0.15, -0.1) is 0 Å². The Morgan fingerprint density at radius 1 is 0.689 bits per heavy atom. The van der Waals surface area contributed by atoms with E-state index < -0.39 is 5.97 Å². The molecule has 2 aromatic heterocycles. The number of hydrogen-bond donors (Lipinski definition) is 1. The zero-order valence-corrected chi connectivity index (χ0v) is 24.7. The Balaban J connectivity index is 1.09. The average Bonchev–Trinajstić information content (AvgIpc) is 3.31. The van der Waals surface area contributed by atoms with Crippen LogP contribution in [0.1, 0.15) is 41.4 Å². The molecule has 1 aliphatic rings. The van der Waals surface area contributed by atoms with E-state index in [1.165, 1.54) is 0 Å². The normalized spacial score (nSPS) is 13.4. The molecule has 0 saturated heterocycles. The van der Waals surface area contributed by atoms with Gasteiger partial charge in [0.05, 0.1) is 28.8 Å². The average molecular weight is 591 g/mol. The van der Waals surface area contributed by atoms with Gasteiger partial charge in [-0.3, -0.25) is 4.79 Å². The molecule has 0 atom stereocenters. The lowest BCUT2D eigenvalue weighted by molar-refractivity contribution is -0.135. The van der Waals surface area contributed by atoms with Crippen LogP contribution in [0.25, 0.3) is 39.0 Å². The van der Waals surface area contributed by atoms with E-state index in [1.807, 2.05) is 116 Å². The number of carboxylic acids is 1. The Labute approximate surface area is 260 Å². The number of aliphatic carboxylic acids is 1. The van der Waals surface area contributed by atoms with Gasteiger partial charge in [0.15, 0.2) is 0 Å². The van der Waals surface area contributed by atoms with Crippen LogP contribution >= 0.6 is 0 Å². The third-order valence-corrected chi connectivity index (χ3v) is 8.07. The first-order valence-corrected chi connectivity index (χ1v) is 14.8. The molecule has 45 heavy (non-hydrogen) atoms. The van der Waals surface area contributed by atoms with E-state index in [0.717, 1.165) is 72.4 Å². The van der Waals surface area contributed by atoms with Crippen LogP contribution in [0.2, 0.25) is 0 Å². The molecule has 6 nitrogen and oxygen atoms in total. The largest absolute Gasteiger partial charge is 0.487 e. The molecule has 0 fully saturated rings. The van der Waals surface area contributed by atoms with Crippen LogP contribution < -0.4 is 9.47 Å². The van der Waals surface area contributed by atoms with Crippen molar-refractivity contribution in [1.82, 2.24) is 9.97 Å². The lowest BCUT2D eigenvalue weighted by atomic mass is 10.0. The molecule has 6 aromatic rings. The van der Waals surface area contributed by atoms with Gasteiger partial charge in [0.25, 0.3) is 0 Å². The molecule has 2 heterocycles. The van der Waals surface area contributed by atoms with E-state index in [9.17, 15) is 9.90 Å². The van der Waals surface area contributed by atoms with Gasteiger partial charge in [0.2, 0.25) is 0 Å². The fourth-order valence-electron chi connectivity index (χ4n) is 5.75. The SMILES string of the molecule is CC1=C(CC(=O)O)c2cc(OCc3ccc4ccccc4n3)ccc2/C1=C\c1ccc(OCc2ccc3ccccc3n2)cc1. The van der Waals surface area contributed by atoms with Crippen LogP contribution in [0, 0.1) is 0 Å². The van der Waals surface area contributed by atoms with Gasteiger partial charge in [0, 0.05) is 10.8 Å². The number of allylic oxidation sites excluding steroid dienone is 2. The number of rotatable bonds is 9. The Bertz CT molecular complexity index is 2130. The lowest BCUT2D eigenvalue weighted by Crippen LogP contribution is -2.00. The zero-order chi connectivity index (χ0) is 30.8. The Kier molecular flexibility index (Phi) is 7.54. The highest BCUT2D eigenvalue weighted by molar-refractivity contribution is 6.07. The first kappa shape index (κ1) is 28.0. The quantitative estimate of drug-likeness (QED) is 0.181. The number of carboxylic acid groups (broad SMARTS) is 1. The van der Waals surface area contributed by atoms with E-state index >= 15 is 0 Å². The summed E-state index contributed by atoms with van der Waals surface area (Å²) >= 11 is 0. The van der Waals surface area contributed by atoms with Crippen molar-refractivity contribution in [3.63, 3.8) is 0 Å². The second-order valence-electron chi connectivity index (χ2n) is 11.1. The van der Waals surface area contributed by atoms with Crippen molar-refractivity contribution in [3.05, 3.63) is 149 Å². The van der Waals surface area contributed by atoms with Crippen LogP contribution in [0.5, 0.6) is 11.5 Å². The molecule has 7 rings (SSSR count). The van der Waals surface area contributed by atoms with E-state index in [2.05, 4.69) is 17.1 Å². The van der Waals surface area contributed by atoms with Gasteiger partial charge in [0.1, 0.15) is 24.7 Å². The molecule has 4 aromatic carbocycles. The fraction of sp³-hybridized carbons (Fsp3) is 0.103. The third kappa shape index (κ3) is 6.04. The van der Waals surface area contributed by atoms with Crippen LogP contribution in [0.4, 0.5) is 0 Å². The number of pyridine rings is 2. The first-order valence-electron chi connectivity index (χ1n) is 14.8. The highest BCUT2D eigenvalue weighted by Gasteiger charge is 2.26. The highest BCUT2D eigenvalue weighted by atomic mass is 16.5. The monoisotopic (exact) mass is 590 g/mol. The maximum atomic E-state index is 11.8. The summed E-state index contributed by atoms with van der Waals surface area (Å²) in [6, 6.07) is 37.8. The van der Waals surface area contributed by atoms with Crippen LogP contribution in [-0.4, -0.2) is 21.0 Å². The van der Waals surface area contributed by atoms with Crippen molar-refractivity contribution in [2.45, 2.75) is 26.6 Å². The molecule has 0 unspecified atom stereocenters. The van der Waals surface area contributed by atoms with E-state index in [-0.39, 0.29) is 6.42 Å². The molecule has 0 bridgehead atoms. The first-order chi connectivity index (χ1) is 22.0. The number of para-hydroxylation sites is 2. The van der Waals surface area contributed by atoms with E-state index in [1.54, 1.807) is 0 Å². The molecule has 220 valence electrons. The molecule has 0 saturated carbocycles. The second kappa shape index (κ2) is 12.1. The minimum Gasteiger partial charge on any atom is -0.487 e. The minimum atomic E-state index is -0.870. The molecule has 0 amide bonds. The summed E-state index contributed by atoms with van der Waals surface area (Å²) in [6.07, 6.45) is 2.03. The van der Waals surface area contributed by atoms with Gasteiger partial charge >= 0.3 is 5.97 Å². The maximum Gasteiger partial charge on any atom is 0.307 e. The van der Waals surface area contributed by atoms with Crippen molar-refractivity contribution < 1.29 is 19.4 Å². The number of aromatic nitrogens is 2. The predicted octanol–water partition coefficient (Wildman–Crippen LogP) is 8.74. The summed E-state index contributed by atoms with van der Waals surface area (Å²) in [5.41, 5.74) is 9.16. The van der Waals surface area contributed by atoms with E-state index in [4.69, 9.17) is 14.5 Å². The van der Waals surface area contributed by atoms with Gasteiger partial charge in [-0.2, -0.15) is 0 Å². The maximum absolute atomic E-state index is 11.8. The lowest BCUT2D eigenvalue weighted by Gasteiger charge is -2.10. The predicted molar refractivity (Wildman–Crippen MR) is 178 cm³/mol. The molecule has 6 heteroatoms. The van der Waals surface area contributed by atoms with Crippen molar-refractivity contribution in [2.75, 3.05) is 0 Å².